The molecule has 2 N–H and O–H groups in total. The smallest absolute Gasteiger partial charge is 0.228 e. The van der Waals surface area contributed by atoms with Crippen LogP contribution in [0.1, 0.15) is 6.42 Å². The number of rotatable bonds is 4. The van der Waals surface area contributed by atoms with E-state index >= 15 is 0 Å². The van der Waals surface area contributed by atoms with Crippen molar-refractivity contribution in [1.82, 2.24) is 0 Å². The third-order valence-corrected chi connectivity index (χ3v) is 3.72. The number of carbonyl (C=O) groups excluding carboxylic acids is 2. The van der Waals surface area contributed by atoms with Crippen molar-refractivity contribution in [2.24, 2.45) is 11.8 Å². The molecular weight excluding hydrogens is 302 g/mol. The van der Waals surface area contributed by atoms with Crippen LogP contribution in [-0.4, -0.2) is 11.8 Å². The summed E-state index contributed by atoms with van der Waals surface area (Å²) in [6.07, 6.45) is 0.362. The minimum Gasteiger partial charge on any atom is -0.326 e. The summed E-state index contributed by atoms with van der Waals surface area (Å²) < 4.78 is 27.0. The van der Waals surface area contributed by atoms with Gasteiger partial charge in [0.2, 0.25) is 11.8 Å². The first-order valence-corrected chi connectivity index (χ1v) is 7.17. The molecule has 1 aliphatic rings. The molecule has 3 rings (SSSR count). The second kappa shape index (κ2) is 6.16. The first-order chi connectivity index (χ1) is 11.1. The molecule has 1 fully saturated rings. The maximum atomic E-state index is 13.5. The number of benzene rings is 2. The quantitative estimate of drug-likeness (QED) is 0.910. The molecule has 2 aromatic carbocycles. The van der Waals surface area contributed by atoms with Gasteiger partial charge in [0, 0.05) is 5.69 Å². The molecule has 0 heterocycles. The number of amides is 2. The maximum Gasteiger partial charge on any atom is 0.228 e. The van der Waals surface area contributed by atoms with Gasteiger partial charge in [0.15, 0.2) is 0 Å². The molecule has 1 saturated carbocycles. The molecule has 2 aromatic rings. The van der Waals surface area contributed by atoms with Gasteiger partial charge in [-0.3, -0.25) is 9.59 Å². The Morgan fingerprint density at radius 2 is 1.39 bits per heavy atom. The summed E-state index contributed by atoms with van der Waals surface area (Å²) in [4.78, 5) is 24.1. The molecule has 0 bridgehead atoms. The van der Waals surface area contributed by atoms with Crippen molar-refractivity contribution in [1.29, 1.82) is 0 Å². The highest BCUT2D eigenvalue weighted by atomic mass is 19.1. The number of hydrogen-bond acceptors (Lipinski definition) is 2. The van der Waals surface area contributed by atoms with Crippen LogP contribution in [0.3, 0.4) is 0 Å². The van der Waals surface area contributed by atoms with E-state index < -0.39 is 35.1 Å². The Bertz CT molecular complexity index is 729. The number of halogens is 2. The van der Waals surface area contributed by atoms with Crippen LogP contribution in [0.5, 0.6) is 0 Å². The summed E-state index contributed by atoms with van der Waals surface area (Å²) in [6, 6.07) is 12.2. The van der Waals surface area contributed by atoms with E-state index in [9.17, 15) is 18.4 Å². The fourth-order valence-corrected chi connectivity index (χ4v) is 2.36. The second-order valence-electron chi connectivity index (χ2n) is 5.39. The van der Waals surface area contributed by atoms with Crippen molar-refractivity contribution in [2.45, 2.75) is 6.42 Å². The molecule has 2 unspecified atom stereocenters. The Labute approximate surface area is 131 Å². The third-order valence-electron chi connectivity index (χ3n) is 3.72. The molecule has 0 aromatic heterocycles. The van der Waals surface area contributed by atoms with Gasteiger partial charge < -0.3 is 10.6 Å². The topological polar surface area (TPSA) is 58.2 Å². The molecule has 1 aliphatic carbocycles. The Hall–Kier alpha value is -2.76. The molecule has 0 radical (unpaired) electrons. The van der Waals surface area contributed by atoms with Crippen LogP contribution in [0.15, 0.2) is 48.5 Å². The summed E-state index contributed by atoms with van der Waals surface area (Å²) in [5, 5.41) is 4.93. The lowest BCUT2D eigenvalue weighted by Crippen LogP contribution is -2.21. The SMILES string of the molecule is O=C(Nc1ccccc1)C1CC1C(=O)Nc1c(F)cccc1F. The average molecular weight is 316 g/mol. The zero-order chi connectivity index (χ0) is 16.4. The Morgan fingerprint density at radius 3 is 2.00 bits per heavy atom. The van der Waals surface area contributed by atoms with E-state index in [2.05, 4.69) is 10.6 Å². The van der Waals surface area contributed by atoms with Gasteiger partial charge in [-0.15, -0.1) is 0 Å². The predicted molar refractivity (Wildman–Crippen MR) is 81.7 cm³/mol. The number of hydrogen-bond donors (Lipinski definition) is 2. The molecule has 0 spiro atoms. The van der Waals surface area contributed by atoms with Gasteiger partial charge in [0.1, 0.15) is 17.3 Å². The summed E-state index contributed by atoms with van der Waals surface area (Å²) in [5.41, 5.74) is 0.162. The Kier molecular flexibility index (Phi) is 4.06. The highest BCUT2D eigenvalue weighted by Crippen LogP contribution is 2.40. The van der Waals surface area contributed by atoms with Gasteiger partial charge in [-0.05, 0) is 30.7 Å². The highest BCUT2D eigenvalue weighted by molar-refractivity contribution is 6.03. The zero-order valence-electron chi connectivity index (χ0n) is 12.1. The van der Waals surface area contributed by atoms with E-state index in [1.54, 1.807) is 24.3 Å². The van der Waals surface area contributed by atoms with Crippen LogP contribution < -0.4 is 10.6 Å². The fourth-order valence-electron chi connectivity index (χ4n) is 2.36. The van der Waals surface area contributed by atoms with Gasteiger partial charge in [-0.25, -0.2) is 8.78 Å². The van der Waals surface area contributed by atoms with Crippen molar-refractivity contribution in [3.8, 4) is 0 Å². The Balaban J connectivity index is 1.60. The molecule has 6 heteroatoms. The van der Waals surface area contributed by atoms with E-state index in [1.807, 2.05) is 6.07 Å². The van der Waals surface area contributed by atoms with E-state index in [4.69, 9.17) is 0 Å². The molecule has 4 nitrogen and oxygen atoms in total. The first kappa shape index (κ1) is 15.1. The second-order valence-corrected chi connectivity index (χ2v) is 5.39. The van der Waals surface area contributed by atoms with Gasteiger partial charge in [-0.1, -0.05) is 24.3 Å². The van der Waals surface area contributed by atoms with Gasteiger partial charge in [0.05, 0.1) is 11.8 Å². The molecule has 2 atom stereocenters. The monoisotopic (exact) mass is 316 g/mol. The minimum absolute atomic E-state index is 0.273. The lowest BCUT2D eigenvalue weighted by molar-refractivity contribution is -0.122. The van der Waals surface area contributed by atoms with Crippen molar-refractivity contribution in [3.63, 3.8) is 0 Å². The van der Waals surface area contributed by atoms with Crippen molar-refractivity contribution < 1.29 is 18.4 Å². The summed E-state index contributed by atoms with van der Waals surface area (Å²) in [5.74, 6) is -3.57. The molecule has 0 saturated heterocycles. The number of para-hydroxylation sites is 2. The molecule has 0 aliphatic heterocycles. The van der Waals surface area contributed by atoms with E-state index in [1.165, 1.54) is 6.07 Å². The standard InChI is InChI=1S/C17H14F2N2O2/c18-13-7-4-8-14(19)15(13)21-17(23)12-9-11(12)16(22)20-10-5-2-1-3-6-10/h1-8,11-12H,9H2,(H,20,22)(H,21,23). The summed E-state index contributed by atoms with van der Waals surface area (Å²) >= 11 is 0. The van der Waals surface area contributed by atoms with E-state index in [-0.39, 0.29) is 5.91 Å². The third kappa shape index (κ3) is 3.36. The van der Waals surface area contributed by atoms with Crippen molar-refractivity contribution in [2.75, 3.05) is 10.6 Å². The Morgan fingerprint density at radius 1 is 0.826 bits per heavy atom. The molecular formula is C17H14F2N2O2. The van der Waals surface area contributed by atoms with Crippen LogP contribution >= 0.6 is 0 Å². The fraction of sp³-hybridized carbons (Fsp3) is 0.176. The van der Waals surface area contributed by atoms with Crippen molar-refractivity contribution in [3.05, 3.63) is 60.2 Å². The molecule has 2 amide bonds. The normalized spacial score (nSPS) is 19.0. The predicted octanol–water partition coefficient (Wildman–Crippen LogP) is 3.18. The van der Waals surface area contributed by atoms with Gasteiger partial charge in [0.25, 0.3) is 0 Å². The highest BCUT2D eigenvalue weighted by Gasteiger charge is 2.48. The van der Waals surface area contributed by atoms with Crippen molar-refractivity contribution >= 4 is 23.2 Å². The lowest BCUT2D eigenvalue weighted by Gasteiger charge is -2.07. The first-order valence-electron chi connectivity index (χ1n) is 7.17. The van der Waals surface area contributed by atoms with E-state index in [0.717, 1.165) is 12.1 Å². The molecule has 118 valence electrons. The number of nitrogens with one attached hydrogen (secondary N) is 2. The van der Waals surface area contributed by atoms with E-state index in [0.29, 0.717) is 12.1 Å². The van der Waals surface area contributed by atoms with Crippen LogP contribution in [-0.2, 0) is 9.59 Å². The molecule has 23 heavy (non-hydrogen) atoms. The maximum absolute atomic E-state index is 13.5. The largest absolute Gasteiger partial charge is 0.326 e. The summed E-state index contributed by atoms with van der Waals surface area (Å²) in [7, 11) is 0. The minimum atomic E-state index is -0.843. The number of anilines is 2. The van der Waals surface area contributed by atoms with Gasteiger partial charge in [-0.2, -0.15) is 0 Å². The van der Waals surface area contributed by atoms with Crippen LogP contribution in [0.25, 0.3) is 0 Å². The number of carbonyl (C=O) groups is 2. The van der Waals surface area contributed by atoms with Crippen LogP contribution in [0.2, 0.25) is 0 Å². The van der Waals surface area contributed by atoms with Gasteiger partial charge >= 0.3 is 0 Å². The average Bonchev–Trinajstić information content (AvgIpc) is 3.33. The van der Waals surface area contributed by atoms with Crippen LogP contribution in [0.4, 0.5) is 20.2 Å². The zero-order valence-corrected chi connectivity index (χ0v) is 12.1. The summed E-state index contributed by atoms with van der Waals surface area (Å²) in [6.45, 7) is 0. The van der Waals surface area contributed by atoms with Crippen LogP contribution in [0, 0.1) is 23.5 Å². The lowest BCUT2D eigenvalue weighted by atomic mass is 10.2.